The Bertz CT molecular complexity index is 1160. The molecule has 2 fully saturated rings. The first-order valence-corrected chi connectivity index (χ1v) is 9.99. The normalized spacial score (nSPS) is 22.2. The summed E-state index contributed by atoms with van der Waals surface area (Å²) >= 11 is 0. The largest absolute Gasteiger partial charge is 0.481 e. The van der Waals surface area contributed by atoms with Crippen LogP contribution in [0, 0.1) is 12.8 Å². The van der Waals surface area contributed by atoms with Crippen LogP contribution in [0.1, 0.15) is 54.4 Å². The van der Waals surface area contributed by atoms with Crippen molar-refractivity contribution < 1.29 is 27.6 Å². The van der Waals surface area contributed by atoms with E-state index in [1.54, 1.807) is 0 Å². The fourth-order valence-corrected chi connectivity index (χ4v) is 4.35. The number of aryl methyl sites for hydroxylation is 1. The van der Waals surface area contributed by atoms with Crippen LogP contribution in [0.15, 0.2) is 34.9 Å². The van der Waals surface area contributed by atoms with Gasteiger partial charge in [0.2, 0.25) is 0 Å². The van der Waals surface area contributed by atoms with E-state index in [2.05, 4.69) is 15.2 Å². The van der Waals surface area contributed by atoms with E-state index in [4.69, 9.17) is 9.63 Å². The molecule has 3 aromatic rings. The van der Waals surface area contributed by atoms with Crippen LogP contribution in [0.3, 0.4) is 0 Å². The Balaban J connectivity index is 1.48. The van der Waals surface area contributed by atoms with Crippen LogP contribution in [0.25, 0.3) is 11.6 Å². The van der Waals surface area contributed by atoms with Crippen LogP contribution in [-0.2, 0) is 16.4 Å². The van der Waals surface area contributed by atoms with Gasteiger partial charge in [0.15, 0.2) is 11.5 Å². The highest BCUT2D eigenvalue weighted by Gasteiger charge is 2.51. The summed E-state index contributed by atoms with van der Waals surface area (Å²) in [6, 6.07) is 8.14. The second-order valence-corrected chi connectivity index (χ2v) is 8.34. The molecule has 2 aliphatic rings. The van der Waals surface area contributed by atoms with E-state index in [-0.39, 0.29) is 29.8 Å². The third kappa shape index (κ3) is 3.21. The maximum atomic E-state index is 13.6. The maximum absolute atomic E-state index is 13.6. The highest BCUT2D eigenvalue weighted by molar-refractivity contribution is 5.71. The van der Waals surface area contributed by atoms with E-state index < -0.39 is 29.8 Å². The number of benzene rings is 1. The molecule has 2 saturated carbocycles. The third-order valence-electron chi connectivity index (χ3n) is 6.32. The van der Waals surface area contributed by atoms with Gasteiger partial charge in [0.1, 0.15) is 5.69 Å². The second kappa shape index (κ2) is 6.66. The lowest BCUT2D eigenvalue weighted by atomic mass is 9.80. The molecule has 0 atom stereocenters. The number of aromatic nitrogens is 4. The third-order valence-corrected chi connectivity index (χ3v) is 6.32. The molecule has 31 heavy (non-hydrogen) atoms. The first-order valence-electron chi connectivity index (χ1n) is 9.99. The number of nitrogens with zero attached hydrogens (tertiary/aromatic N) is 4. The van der Waals surface area contributed by atoms with Crippen molar-refractivity contribution in [2.24, 2.45) is 5.92 Å². The molecule has 2 aromatic heterocycles. The summed E-state index contributed by atoms with van der Waals surface area (Å²) in [5, 5.41) is 17.2. The highest BCUT2D eigenvalue weighted by Crippen LogP contribution is 2.53. The summed E-state index contributed by atoms with van der Waals surface area (Å²) in [4.78, 5) is 15.4. The number of alkyl halides is 3. The van der Waals surface area contributed by atoms with Crippen molar-refractivity contribution in [1.82, 2.24) is 19.9 Å². The first-order chi connectivity index (χ1) is 14.7. The van der Waals surface area contributed by atoms with E-state index in [0.29, 0.717) is 5.82 Å². The van der Waals surface area contributed by atoms with Gasteiger partial charge in [-0.25, -0.2) is 0 Å². The van der Waals surface area contributed by atoms with Crippen molar-refractivity contribution in [2.75, 3.05) is 0 Å². The number of aliphatic carboxylic acids is 1. The van der Waals surface area contributed by atoms with Crippen molar-refractivity contribution in [3.8, 4) is 11.6 Å². The summed E-state index contributed by atoms with van der Waals surface area (Å²) in [6.45, 7) is 2.00. The smallest absolute Gasteiger partial charge is 0.433 e. The zero-order chi connectivity index (χ0) is 22.0. The van der Waals surface area contributed by atoms with Gasteiger partial charge >= 0.3 is 12.1 Å². The van der Waals surface area contributed by atoms with E-state index in [9.17, 15) is 18.0 Å². The van der Waals surface area contributed by atoms with Gasteiger partial charge in [-0.1, -0.05) is 29.4 Å². The molecule has 2 aliphatic carbocycles. The number of carbonyl (C=O) groups is 1. The quantitative estimate of drug-likeness (QED) is 0.643. The van der Waals surface area contributed by atoms with Gasteiger partial charge in [-0.05, 0) is 43.7 Å². The van der Waals surface area contributed by atoms with Gasteiger partial charge in [-0.15, -0.1) is 0 Å². The number of hydrogen-bond acceptors (Lipinski definition) is 5. The molecule has 2 heterocycles. The Labute approximate surface area is 174 Å². The van der Waals surface area contributed by atoms with Gasteiger partial charge in [-0.2, -0.15) is 23.3 Å². The van der Waals surface area contributed by atoms with Crippen molar-refractivity contribution >= 4 is 5.97 Å². The van der Waals surface area contributed by atoms with Crippen molar-refractivity contribution in [2.45, 2.75) is 50.2 Å². The molecular weight excluding hydrogens is 413 g/mol. The number of carboxylic acid groups (broad SMARTS) is 1. The Hall–Kier alpha value is -3.17. The highest BCUT2D eigenvalue weighted by atomic mass is 19.4. The molecule has 0 aliphatic heterocycles. The Morgan fingerprint density at radius 2 is 1.97 bits per heavy atom. The average Bonchev–Trinajstić information content (AvgIpc) is 3.10. The van der Waals surface area contributed by atoms with E-state index in [1.165, 1.54) is 0 Å². The monoisotopic (exact) mass is 432 g/mol. The molecule has 162 valence electrons. The first kappa shape index (κ1) is 19.8. The van der Waals surface area contributed by atoms with Crippen LogP contribution in [0.4, 0.5) is 13.2 Å². The number of halogens is 3. The van der Waals surface area contributed by atoms with Crippen molar-refractivity contribution in [1.29, 1.82) is 0 Å². The van der Waals surface area contributed by atoms with Gasteiger partial charge < -0.3 is 9.63 Å². The summed E-state index contributed by atoms with van der Waals surface area (Å²) in [6.07, 6.45) is -2.77. The van der Waals surface area contributed by atoms with E-state index in [0.717, 1.165) is 34.7 Å². The lowest BCUT2D eigenvalue weighted by Gasteiger charge is -2.33. The summed E-state index contributed by atoms with van der Waals surface area (Å²) in [7, 11) is 0. The number of carboxylic acids is 1. The molecule has 0 spiro atoms. The molecule has 1 aromatic carbocycles. The zero-order valence-corrected chi connectivity index (χ0v) is 16.6. The van der Waals surface area contributed by atoms with Crippen LogP contribution < -0.4 is 0 Å². The predicted octanol–water partition coefficient (Wildman–Crippen LogP) is 4.38. The molecular formula is C21H19F3N4O3. The molecule has 10 heteroatoms. The molecule has 7 nitrogen and oxygen atoms in total. The fraction of sp³-hybridized carbons (Fsp3) is 0.429. The van der Waals surface area contributed by atoms with Gasteiger partial charge in [-0.3, -0.25) is 9.48 Å². The van der Waals surface area contributed by atoms with E-state index >= 15 is 0 Å². The SMILES string of the molecule is Cc1ccccc1C1(c2noc(-c3cc(C(F)(F)F)n(C4CC(C(=O)O)C4)n3)n2)CC1. The van der Waals surface area contributed by atoms with Crippen LogP contribution >= 0.6 is 0 Å². The molecule has 0 unspecified atom stereocenters. The Morgan fingerprint density at radius 3 is 2.58 bits per heavy atom. The fourth-order valence-electron chi connectivity index (χ4n) is 4.35. The lowest BCUT2D eigenvalue weighted by molar-refractivity contribution is -0.150. The van der Waals surface area contributed by atoms with Crippen LogP contribution in [0.2, 0.25) is 0 Å². The summed E-state index contributed by atoms with van der Waals surface area (Å²) in [5.74, 6) is -1.30. The number of rotatable bonds is 5. The lowest BCUT2D eigenvalue weighted by Crippen LogP contribution is -2.34. The number of hydrogen-bond donors (Lipinski definition) is 1. The molecule has 1 N–H and O–H groups in total. The van der Waals surface area contributed by atoms with Gasteiger partial charge in [0.05, 0.1) is 17.4 Å². The second-order valence-electron chi connectivity index (χ2n) is 8.34. The van der Waals surface area contributed by atoms with Crippen molar-refractivity contribution in [3.63, 3.8) is 0 Å². The summed E-state index contributed by atoms with van der Waals surface area (Å²) in [5.41, 5.74) is 0.776. The Morgan fingerprint density at radius 1 is 1.26 bits per heavy atom. The minimum absolute atomic E-state index is 0.0644. The zero-order valence-electron chi connectivity index (χ0n) is 16.6. The molecule has 5 rings (SSSR count). The standard InChI is InChI=1S/C21H19F3N4O3/c1-11-4-2-3-5-14(11)20(6-7-20)19-25-17(31-27-19)15-10-16(21(22,23)24)28(26-15)13-8-12(9-13)18(29)30/h2-5,10,12-13H,6-9H2,1H3,(H,29,30). The molecule has 0 radical (unpaired) electrons. The summed E-state index contributed by atoms with van der Waals surface area (Å²) < 4.78 is 46.9. The molecule has 0 saturated heterocycles. The maximum Gasteiger partial charge on any atom is 0.433 e. The van der Waals surface area contributed by atoms with Crippen LogP contribution in [-0.4, -0.2) is 31.0 Å². The van der Waals surface area contributed by atoms with E-state index in [1.807, 2.05) is 31.2 Å². The topological polar surface area (TPSA) is 94.0 Å². The minimum Gasteiger partial charge on any atom is -0.481 e. The Kier molecular flexibility index (Phi) is 4.25. The van der Waals surface area contributed by atoms with Gasteiger partial charge in [0, 0.05) is 6.07 Å². The molecule has 0 bridgehead atoms. The van der Waals surface area contributed by atoms with Crippen molar-refractivity contribution in [3.05, 3.63) is 53.0 Å². The van der Waals surface area contributed by atoms with Crippen LogP contribution in [0.5, 0.6) is 0 Å². The average molecular weight is 432 g/mol. The van der Waals surface area contributed by atoms with Gasteiger partial charge in [0.25, 0.3) is 5.89 Å². The minimum atomic E-state index is -4.64. The predicted molar refractivity (Wildman–Crippen MR) is 101 cm³/mol. The molecule has 0 amide bonds.